The van der Waals surface area contributed by atoms with Crippen LogP contribution in [-0.4, -0.2) is 17.3 Å². The van der Waals surface area contributed by atoms with Crippen molar-refractivity contribution in [1.82, 2.24) is 0 Å². The molecule has 2 nitrogen and oxygen atoms in total. The van der Waals surface area contributed by atoms with Crippen molar-refractivity contribution < 1.29 is 9.84 Å². The van der Waals surface area contributed by atoms with Crippen LogP contribution in [0, 0.1) is 0 Å². The van der Waals surface area contributed by atoms with Gasteiger partial charge in [0.15, 0.2) is 0 Å². The average Bonchev–Trinajstić information content (AvgIpc) is 2.63. The topological polar surface area (TPSA) is 29.5 Å². The van der Waals surface area contributed by atoms with Gasteiger partial charge in [0.05, 0.1) is 18.8 Å². The van der Waals surface area contributed by atoms with E-state index in [1.807, 2.05) is 36.4 Å². The predicted octanol–water partition coefficient (Wildman–Crippen LogP) is 1.89. The highest BCUT2D eigenvalue weighted by Gasteiger charge is 2.16. The molecule has 2 unspecified atom stereocenters. The Morgan fingerprint density at radius 2 is 2.00 bits per heavy atom. The van der Waals surface area contributed by atoms with Crippen LogP contribution in [0.25, 0.3) is 0 Å². The summed E-state index contributed by atoms with van der Waals surface area (Å²) in [6.45, 7) is 0.614. The number of ether oxygens (including phenoxy) is 1. The van der Waals surface area contributed by atoms with Gasteiger partial charge >= 0.3 is 0 Å². The Hall–Kier alpha value is -1.12. The zero-order valence-electron chi connectivity index (χ0n) is 7.97. The fourth-order valence-corrected chi connectivity index (χ4v) is 1.55. The lowest BCUT2D eigenvalue weighted by Gasteiger charge is -2.10. The van der Waals surface area contributed by atoms with Crippen LogP contribution in [0.1, 0.15) is 12.0 Å². The maximum Gasteiger partial charge on any atom is 0.0789 e. The van der Waals surface area contributed by atoms with Crippen molar-refractivity contribution in [3.05, 3.63) is 48.0 Å². The number of benzene rings is 1. The molecule has 1 aromatic carbocycles. The summed E-state index contributed by atoms with van der Waals surface area (Å²) in [6.07, 6.45) is 4.15. The molecule has 0 aliphatic heterocycles. The van der Waals surface area contributed by atoms with Crippen molar-refractivity contribution in [1.29, 1.82) is 0 Å². The lowest BCUT2D eigenvalue weighted by molar-refractivity contribution is 0.0528. The first-order chi connectivity index (χ1) is 6.84. The third kappa shape index (κ3) is 2.44. The fraction of sp³-hybridized carbons (Fsp3) is 0.333. The average molecular weight is 190 g/mol. The van der Waals surface area contributed by atoms with Crippen LogP contribution >= 0.6 is 0 Å². The molecule has 0 heterocycles. The zero-order valence-corrected chi connectivity index (χ0v) is 7.97. The Labute approximate surface area is 83.8 Å². The largest absolute Gasteiger partial charge is 0.389 e. The number of aliphatic hydroxyl groups excluding tert-OH is 1. The molecule has 0 saturated carbocycles. The van der Waals surface area contributed by atoms with Crippen LogP contribution < -0.4 is 0 Å². The highest BCUT2D eigenvalue weighted by molar-refractivity contribution is 5.14. The van der Waals surface area contributed by atoms with Crippen molar-refractivity contribution in [2.45, 2.75) is 25.2 Å². The molecule has 0 saturated heterocycles. The molecule has 1 aliphatic carbocycles. The molecule has 0 bridgehead atoms. The molecule has 1 N–H and O–H groups in total. The Kier molecular flexibility index (Phi) is 2.96. The molecule has 0 fully saturated rings. The normalized spacial score (nSPS) is 25.5. The number of rotatable bonds is 3. The third-order valence-corrected chi connectivity index (χ3v) is 2.33. The quantitative estimate of drug-likeness (QED) is 0.737. The molecule has 2 heteroatoms. The van der Waals surface area contributed by atoms with Gasteiger partial charge in [-0.25, -0.2) is 0 Å². The summed E-state index contributed by atoms with van der Waals surface area (Å²) in [5, 5.41) is 9.23. The first-order valence-electron chi connectivity index (χ1n) is 4.86. The Bertz CT molecular complexity index is 305. The molecule has 1 aromatic rings. The summed E-state index contributed by atoms with van der Waals surface area (Å²) in [6, 6.07) is 10.1. The van der Waals surface area contributed by atoms with Gasteiger partial charge in [-0.1, -0.05) is 42.5 Å². The molecule has 0 radical (unpaired) electrons. The van der Waals surface area contributed by atoms with E-state index in [2.05, 4.69) is 0 Å². The van der Waals surface area contributed by atoms with E-state index >= 15 is 0 Å². The standard InChI is InChI=1S/C12H14O2/c13-11-6-7-12(8-11)14-9-10-4-2-1-3-5-10/h1-7,11-13H,8-9H2. The number of hydrogen-bond acceptors (Lipinski definition) is 2. The highest BCUT2D eigenvalue weighted by Crippen LogP contribution is 2.15. The van der Waals surface area contributed by atoms with Crippen molar-refractivity contribution in [3.8, 4) is 0 Å². The van der Waals surface area contributed by atoms with E-state index in [1.54, 1.807) is 6.08 Å². The van der Waals surface area contributed by atoms with Gasteiger partial charge in [-0.15, -0.1) is 0 Å². The minimum atomic E-state index is -0.323. The van der Waals surface area contributed by atoms with E-state index in [9.17, 15) is 5.11 Å². The van der Waals surface area contributed by atoms with Crippen molar-refractivity contribution in [2.24, 2.45) is 0 Å². The molecule has 74 valence electrons. The molecule has 0 amide bonds. The van der Waals surface area contributed by atoms with E-state index < -0.39 is 0 Å². The van der Waals surface area contributed by atoms with Crippen molar-refractivity contribution in [2.75, 3.05) is 0 Å². The SMILES string of the molecule is OC1C=CC(OCc2ccccc2)C1. The lowest BCUT2D eigenvalue weighted by Crippen LogP contribution is -2.10. The molecule has 0 aromatic heterocycles. The molecular weight excluding hydrogens is 176 g/mol. The Balaban J connectivity index is 1.81. The maximum atomic E-state index is 9.23. The van der Waals surface area contributed by atoms with Gasteiger partial charge in [-0.3, -0.25) is 0 Å². The first-order valence-corrected chi connectivity index (χ1v) is 4.86. The van der Waals surface area contributed by atoms with Gasteiger partial charge in [0, 0.05) is 6.42 Å². The minimum absolute atomic E-state index is 0.0743. The molecule has 14 heavy (non-hydrogen) atoms. The van der Waals surface area contributed by atoms with E-state index in [1.165, 1.54) is 5.56 Å². The number of hydrogen-bond donors (Lipinski definition) is 1. The van der Waals surface area contributed by atoms with Crippen LogP contribution in [0.3, 0.4) is 0 Å². The van der Waals surface area contributed by atoms with E-state index in [0.717, 1.165) is 0 Å². The van der Waals surface area contributed by atoms with Crippen LogP contribution in [0.15, 0.2) is 42.5 Å². The Morgan fingerprint density at radius 3 is 2.64 bits per heavy atom. The summed E-state index contributed by atoms with van der Waals surface area (Å²) >= 11 is 0. The Morgan fingerprint density at radius 1 is 1.21 bits per heavy atom. The van der Waals surface area contributed by atoms with Gasteiger partial charge in [-0.05, 0) is 5.56 Å². The van der Waals surface area contributed by atoms with E-state index in [0.29, 0.717) is 13.0 Å². The van der Waals surface area contributed by atoms with Crippen molar-refractivity contribution in [3.63, 3.8) is 0 Å². The monoisotopic (exact) mass is 190 g/mol. The minimum Gasteiger partial charge on any atom is -0.389 e. The third-order valence-electron chi connectivity index (χ3n) is 2.33. The fourth-order valence-electron chi connectivity index (χ4n) is 1.55. The second kappa shape index (κ2) is 4.40. The summed E-state index contributed by atoms with van der Waals surface area (Å²) < 4.78 is 5.61. The summed E-state index contributed by atoms with van der Waals surface area (Å²) in [5.74, 6) is 0. The first kappa shape index (κ1) is 9.44. The predicted molar refractivity (Wildman–Crippen MR) is 54.8 cm³/mol. The van der Waals surface area contributed by atoms with Crippen LogP contribution in [-0.2, 0) is 11.3 Å². The maximum absolute atomic E-state index is 9.23. The molecule has 1 aliphatic rings. The second-order valence-electron chi connectivity index (χ2n) is 3.52. The highest BCUT2D eigenvalue weighted by atomic mass is 16.5. The zero-order chi connectivity index (χ0) is 9.80. The van der Waals surface area contributed by atoms with E-state index in [-0.39, 0.29) is 12.2 Å². The smallest absolute Gasteiger partial charge is 0.0789 e. The van der Waals surface area contributed by atoms with E-state index in [4.69, 9.17) is 4.74 Å². The van der Waals surface area contributed by atoms with Gasteiger partial charge < -0.3 is 9.84 Å². The van der Waals surface area contributed by atoms with Crippen LogP contribution in [0.2, 0.25) is 0 Å². The van der Waals surface area contributed by atoms with Gasteiger partial charge in [0.25, 0.3) is 0 Å². The van der Waals surface area contributed by atoms with Crippen LogP contribution in [0.5, 0.6) is 0 Å². The summed E-state index contributed by atoms with van der Waals surface area (Å²) in [5.41, 5.74) is 1.17. The second-order valence-corrected chi connectivity index (χ2v) is 3.52. The molecule has 0 spiro atoms. The van der Waals surface area contributed by atoms with Gasteiger partial charge in [0.1, 0.15) is 0 Å². The lowest BCUT2D eigenvalue weighted by atomic mass is 10.2. The number of aliphatic hydroxyl groups is 1. The van der Waals surface area contributed by atoms with Crippen molar-refractivity contribution >= 4 is 0 Å². The van der Waals surface area contributed by atoms with Gasteiger partial charge in [-0.2, -0.15) is 0 Å². The summed E-state index contributed by atoms with van der Waals surface area (Å²) in [7, 11) is 0. The van der Waals surface area contributed by atoms with Crippen LogP contribution in [0.4, 0.5) is 0 Å². The molecule has 2 atom stereocenters. The van der Waals surface area contributed by atoms with Gasteiger partial charge in [0.2, 0.25) is 0 Å². The molecular formula is C12H14O2. The molecule has 2 rings (SSSR count). The summed E-state index contributed by atoms with van der Waals surface area (Å²) in [4.78, 5) is 0.